The Labute approximate surface area is 217 Å². The first-order chi connectivity index (χ1) is 17.7. The monoisotopic (exact) mass is 575 g/mol. The first-order valence-corrected chi connectivity index (χ1v) is 12.2. The number of carbonyl (C=O) groups is 2. The van der Waals surface area contributed by atoms with Gasteiger partial charge in [0.25, 0.3) is 0 Å². The molecule has 2 saturated heterocycles. The number of thiazole rings is 1. The number of ether oxygens (including phenoxy) is 1. The van der Waals surface area contributed by atoms with E-state index < -0.39 is 24.3 Å². The predicted octanol–water partition coefficient (Wildman–Crippen LogP) is 4.18. The fraction of sp³-hybridized carbons (Fsp3) is 0.591. The van der Waals surface area contributed by atoms with Crippen molar-refractivity contribution in [3.8, 4) is 0 Å². The van der Waals surface area contributed by atoms with Gasteiger partial charge in [-0.25, -0.2) is 14.6 Å². The summed E-state index contributed by atoms with van der Waals surface area (Å²) in [6.07, 6.45) is -5.82. The molecule has 2 atom stereocenters. The maximum absolute atomic E-state index is 10.6. The zero-order chi connectivity index (χ0) is 28.5. The third kappa shape index (κ3) is 10.6. The second kappa shape index (κ2) is 13.9. The lowest BCUT2D eigenvalue weighted by Gasteiger charge is -2.40. The van der Waals surface area contributed by atoms with Crippen molar-refractivity contribution in [3.05, 3.63) is 40.2 Å². The number of morpholine rings is 1. The molecular weight excluding hydrogens is 548 g/mol. The highest BCUT2D eigenvalue weighted by atomic mass is 32.1. The molecule has 38 heavy (non-hydrogen) atoms. The van der Waals surface area contributed by atoms with Crippen molar-refractivity contribution >= 4 is 23.3 Å². The molecule has 16 heteroatoms. The topological polar surface area (TPSA) is 116 Å². The van der Waals surface area contributed by atoms with Gasteiger partial charge in [0.15, 0.2) is 0 Å². The van der Waals surface area contributed by atoms with Crippen molar-refractivity contribution in [1.29, 1.82) is 0 Å². The molecule has 2 aromatic rings. The summed E-state index contributed by atoms with van der Waals surface area (Å²) in [4.78, 5) is 27.5. The minimum Gasteiger partial charge on any atom is -0.475 e. The first kappa shape index (κ1) is 31.5. The standard InChI is InChI=1S/C18H25N3O2S.2C2HF3O2/c1-14-19-15(13-24-14)11-21-8-10-23-18-5-7-20(6-4-17(18)21)12-16-3-2-9-22-16;2*3-2(4,5)1(6)7/h2-3,9,13,17-18H,4-8,10-12H2,1H3;2*(H,6,7). The Bertz CT molecular complexity index is 990. The number of carboxylic acid groups (broad SMARTS) is 2. The van der Waals surface area contributed by atoms with E-state index in [-0.39, 0.29) is 0 Å². The Morgan fingerprint density at radius 3 is 2.16 bits per heavy atom. The van der Waals surface area contributed by atoms with Gasteiger partial charge >= 0.3 is 24.3 Å². The number of nitrogens with zero attached hydrogens (tertiary/aromatic N) is 3. The lowest BCUT2D eigenvalue weighted by atomic mass is 10.0. The van der Waals surface area contributed by atoms with E-state index in [4.69, 9.17) is 29.0 Å². The number of halogens is 6. The smallest absolute Gasteiger partial charge is 0.475 e. The average Bonchev–Trinajstić information content (AvgIpc) is 3.42. The largest absolute Gasteiger partial charge is 0.490 e. The van der Waals surface area contributed by atoms with Crippen LogP contribution >= 0.6 is 11.3 Å². The molecule has 0 saturated carbocycles. The van der Waals surface area contributed by atoms with Gasteiger partial charge in [-0.2, -0.15) is 26.3 Å². The summed E-state index contributed by atoms with van der Waals surface area (Å²) in [5, 5.41) is 17.6. The Balaban J connectivity index is 0.000000301. The van der Waals surface area contributed by atoms with Gasteiger partial charge < -0.3 is 19.4 Å². The van der Waals surface area contributed by atoms with Crippen LogP contribution in [0.1, 0.15) is 29.3 Å². The Hall–Kier alpha value is -2.69. The second-order valence-corrected chi connectivity index (χ2v) is 9.41. The van der Waals surface area contributed by atoms with Crippen LogP contribution < -0.4 is 0 Å². The molecule has 0 radical (unpaired) electrons. The summed E-state index contributed by atoms with van der Waals surface area (Å²) in [6.45, 7) is 7.95. The number of alkyl halides is 6. The Morgan fingerprint density at radius 1 is 1.05 bits per heavy atom. The number of aromatic nitrogens is 1. The van der Waals surface area contributed by atoms with E-state index in [1.165, 1.54) is 5.69 Å². The van der Waals surface area contributed by atoms with Crippen LogP contribution in [-0.4, -0.2) is 87.7 Å². The highest BCUT2D eigenvalue weighted by molar-refractivity contribution is 7.09. The van der Waals surface area contributed by atoms with Crippen molar-refractivity contribution in [2.24, 2.45) is 0 Å². The van der Waals surface area contributed by atoms with Crippen molar-refractivity contribution in [3.63, 3.8) is 0 Å². The minimum atomic E-state index is -5.08. The van der Waals surface area contributed by atoms with Crippen LogP contribution in [0.2, 0.25) is 0 Å². The summed E-state index contributed by atoms with van der Waals surface area (Å²) in [7, 11) is 0. The van der Waals surface area contributed by atoms with E-state index in [9.17, 15) is 26.3 Å². The van der Waals surface area contributed by atoms with E-state index in [0.29, 0.717) is 12.1 Å². The lowest BCUT2D eigenvalue weighted by Crippen LogP contribution is -2.50. The molecule has 0 bridgehead atoms. The molecule has 2 aliphatic heterocycles. The Morgan fingerprint density at radius 2 is 1.66 bits per heavy atom. The molecule has 214 valence electrons. The van der Waals surface area contributed by atoms with Crippen molar-refractivity contribution in [2.75, 3.05) is 26.2 Å². The number of rotatable bonds is 4. The van der Waals surface area contributed by atoms with Gasteiger partial charge in [0, 0.05) is 37.6 Å². The molecule has 4 heterocycles. The molecule has 0 aromatic carbocycles. The molecule has 2 aromatic heterocycles. The fourth-order valence-electron chi connectivity index (χ4n) is 3.88. The number of furan rings is 1. The number of hydrogen-bond acceptors (Lipinski definition) is 8. The number of aliphatic carboxylic acids is 2. The molecule has 2 fully saturated rings. The van der Waals surface area contributed by atoms with Gasteiger partial charge in [0.1, 0.15) is 5.76 Å². The van der Waals surface area contributed by atoms with Gasteiger partial charge in [-0.3, -0.25) is 9.80 Å². The number of likely N-dealkylation sites (tertiary alicyclic amines) is 1. The van der Waals surface area contributed by atoms with Gasteiger partial charge in [-0.15, -0.1) is 11.3 Å². The zero-order valence-corrected chi connectivity index (χ0v) is 21.0. The van der Waals surface area contributed by atoms with Gasteiger partial charge in [-0.1, -0.05) is 0 Å². The van der Waals surface area contributed by atoms with E-state index in [2.05, 4.69) is 33.2 Å². The van der Waals surface area contributed by atoms with Crippen LogP contribution in [0.5, 0.6) is 0 Å². The number of hydrogen-bond donors (Lipinski definition) is 2. The second-order valence-electron chi connectivity index (χ2n) is 8.34. The van der Waals surface area contributed by atoms with Crippen LogP contribution in [0, 0.1) is 6.92 Å². The molecule has 9 nitrogen and oxygen atoms in total. The zero-order valence-electron chi connectivity index (χ0n) is 20.2. The normalized spacial score (nSPS) is 20.7. The van der Waals surface area contributed by atoms with Crippen molar-refractivity contribution in [1.82, 2.24) is 14.8 Å². The fourth-order valence-corrected chi connectivity index (χ4v) is 4.48. The molecular formula is C22H27F6N3O6S. The summed E-state index contributed by atoms with van der Waals surface area (Å²) < 4.78 is 75.1. The Kier molecular flexibility index (Phi) is 11.5. The molecule has 2 unspecified atom stereocenters. The highest BCUT2D eigenvalue weighted by Gasteiger charge is 2.39. The summed E-state index contributed by atoms with van der Waals surface area (Å²) in [6, 6.07) is 4.53. The SMILES string of the molecule is Cc1nc(CN2CCOC3CCN(Cc4ccco4)CCC32)cs1.O=C(O)C(F)(F)F.O=C(O)C(F)(F)F. The third-order valence-electron chi connectivity index (χ3n) is 5.56. The van der Waals surface area contributed by atoms with Crippen molar-refractivity contribution in [2.45, 2.75) is 57.4 Å². The van der Waals surface area contributed by atoms with Crippen LogP contribution in [0.4, 0.5) is 26.3 Å². The average molecular weight is 576 g/mol. The predicted molar refractivity (Wildman–Crippen MR) is 121 cm³/mol. The van der Waals surface area contributed by atoms with Crippen molar-refractivity contribution < 1.29 is 55.3 Å². The molecule has 0 spiro atoms. The summed E-state index contributed by atoms with van der Waals surface area (Å²) >= 11 is 1.74. The number of aryl methyl sites for hydroxylation is 1. The van der Waals surface area contributed by atoms with Crippen LogP contribution in [-0.2, 0) is 27.4 Å². The number of fused-ring (bicyclic) bond motifs is 1. The molecule has 4 rings (SSSR count). The maximum Gasteiger partial charge on any atom is 0.490 e. The summed E-state index contributed by atoms with van der Waals surface area (Å²) in [5.74, 6) is -4.46. The van der Waals surface area contributed by atoms with Crippen LogP contribution in [0.3, 0.4) is 0 Å². The quantitative estimate of drug-likeness (QED) is 0.518. The highest BCUT2D eigenvalue weighted by Crippen LogP contribution is 2.26. The first-order valence-electron chi connectivity index (χ1n) is 11.3. The molecule has 2 aliphatic rings. The molecule has 0 amide bonds. The lowest BCUT2D eigenvalue weighted by molar-refractivity contribution is -0.193. The van der Waals surface area contributed by atoms with E-state index in [0.717, 1.165) is 62.9 Å². The molecule has 0 aliphatic carbocycles. The van der Waals surface area contributed by atoms with E-state index in [1.807, 2.05) is 6.07 Å². The van der Waals surface area contributed by atoms with E-state index >= 15 is 0 Å². The van der Waals surface area contributed by atoms with Gasteiger partial charge in [-0.05, 0) is 31.9 Å². The van der Waals surface area contributed by atoms with Crippen LogP contribution in [0.25, 0.3) is 0 Å². The van der Waals surface area contributed by atoms with Gasteiger partial charge in [0.05, 0.1) is 36.2 Å². The van der Waals surface area contributed by atoms with Gasteiger partial charge in [0.2, 0.25) is 0 Å². The molecule has 2 N–H and O–H groups in total. The van der Waals surface area contributed by atoms with Crippen LogP contribution in [0.15, 0.2) is 28.2 Å². The van der Waals surface area contributed by atoms with E-state index in [1.54, 1.807) is 17.6 Å². The maximum atomic E-state index is 10.6. The number of carboxylic acids is 2. The third-order valence-corrected chi connectivity index (χ3v) is 6.38. The summed E-state index contributed by atoms with van der Waals surface area (Å²) in [5.41, 5.74) is 1.20. The minimum absolute atomic E-state index is 0.347.